The molecule has 0 saturated carbocycles. The number of aromatic nitrogens is 2. The van der Waals surface area contributed by atoms with E-state index < -0.39 is 0 Å². The molecule has 0 aliphatic heterocycles. The number of nitrogens with one attached hydrogen (secondary N) is 1. The van der Waals surface area contributed by atoms with Crippen LogP contribution in [0.3, 0.4) is 0 Å². The van der Waals surface area contributed by atoms with Crippen LogP contribution in [0, 0.1) is 0 Å². The Morgan fingerprint density at radius 3 is 2.53 bits per heavy atom. The Labute approximate surface area is 126 Å². The normalized spacial score (nSPS) is 10.7. The molecule has 0 aliphatic carbocycles. The Bertz CT molecular complexity index is 549. The van der Waals surface area contributed by atoms with Crippen molar-refractivity contribution in [3.63, 3.8) is 0 Å². The summed E-state index contributed by atoms with van der Waals surface area (Å²) in [5.41, 5.74) is 3.41. The number of thioether (sulfide) groups is 1. The Morgan fingerprint density at radius 1 is 1.32 bits per heavy atom. The maximum Gasteiger partial charge on any atom is 0.0767 e. The molecule has 2 aromatic rings. The highest BCUT2D eigenvalue weighted by atomic mass is 79.9. The predicted molar refractivity (Wildman–Crippen MR) is 85.8 cm³/mol. The minimum Gasteiger partial charge on any atom is -0.379 e. The maximum atomic E-state index is 4.49. The monoisotopic (exact) mass is 339 g/mol. The number of anilines is 1. The molecule has 5 heteroatoms. The Balaban J connectivity index is 2.07. The van der Waals surface area contributed by atoms with E-state index in [1.54, 1.807) is 11.8 Å². The molecular weight excluding hydrogens is 322 g/mol. The maximum absolute atomic E-state index is 4.49. The zero-order valence-electron chi connectivity index (χ0n) is 11.4. The first kappa shape index (κ1) is 14.5. The Morgan fingerprint density at radius 2 is 2.00 bits per heavy atom. The molecule has 0 unspecified atom stereocenters. The van der Waals surface area contributed by atoms with Crippen LogP contribution in [0.2, 0.25) is 0 Å². The molecule has 0 bridgehead atoms. The zero-order valence-corrected chi connectivity index (χ0v) is 13.8. The lowest BCUT2D eigenvalue weighted by Crippen LogP contribution is -2.05. The third-order valence-corrected chi connectivity index (χ3v) is 4.71. The second-order valence-electron chi connectivity index (χ2n) is 4.27. The van der Waals surface area contributed by atoms with E-state index >= 15 is 0 Å². The first-order chi connectivity index (χ1) is 9.15. The smallest absolute Gasteiger partial charge is 0.0767 e. The fraction of sp³-hybridized carbons (Fsp3) is 0.357. The van der Waals surface area contributed by atoms with Gasteiger partial charge in [0.1, 0.15) is 0 Å². The van der Waals surface area contributed by atoms with Crippen molar-refractivity contribution in [2.75, 3.05) is 11.6 Å². The predicted octanol–water partition coefficient (Wildman–Crippen LogP) is 4.08. The van der Waals surface area contributed by atoms with Crippen molar-refractivity contribution in [1.29, 1.82) is 0 Å². The van der Waals surface area contributed by atoms with Gasteiger partial charge < -0.3 is 5.32 Å². The van der Waals surface area contributed by atoms with Crippen molar-refractivity contribution in [3.05, 3.63) is 40.1 Å². The van der Waals surface area contributed by atoms with Crippen LogP contribution in [0.1, 0.15) is 18.3 Å². The summed E-state index contributed by atoms with van der Waals surface area (Å²) in [4.78, 5) is 1.28. The molecule has 1 aromatic heterocycles. The van der Waals surface area contributed by atoms with Gasteiger partial charge in [-0.05, 0) is 52.9 Å². The van der Waals surface area contributed by atoms with E-state index in [9.17, 15) is 0 Å². The molecule has 2 rings (SSSR count). The summed E-state index contributed by atoms with van der Waals surface area (Å²) in [6.07, 6.45) is 3.03. The highest BCUT2D eigenvalue weighted by molar-refractivity contribution is 9.10. The second-order valence-corrected chi connectivity index (χ2v) is 5.94. The van der Waals surface area contributed by atoms with Gasteiger partial charge in [0.15, 0.2) is 0 Å². The van der Waals surface area contributed by atoms with Crippen molar-refractivity contribution < 1.29 is 0 Å². The summed E-state index contributed by atoms with van der Waals surface area (Å²) < 4.78 is 3.05. The standard InChI is InChI=1S/C14H18BrN3S/c1-4-12-14(15)13(18(2)17-12)9-16-10-5-7-11(19-3)8-6-10/h5-8,16H,4,9H2,1-3H3. The summed E-state index contributed by atoms with van der Waals surface area (Å²) in [5.74, 6) is 0. The minimum atomic E-state index is 0.767. The molecule has 0 spiro atoms. The summed E-state index contributed by atoms with van der Waals surface area (Å²) in [6, 6.07) is 8.47. The first-order valence-corrected chi connectivity index (χ1v) is 8.25. The van der Waals surface area contributed by atoms with Gasteiger partial charge in [-0.1, -0.05) is 6.92 Å². The van der Waals surface area contributed by atoms with Crippen LogP contribution >= 0.6 is 27.7 Å². The number of nitrogens with zero attached hydrogens (tertiary/aromatic N) is 2. The summed E-state index contributed by atoms with van der Waals surface area (Å²) >= 11 is 5.39. The van der Waals surface area contributed by atoms with E-state index in [0.717, 1.165) is 28.8 Å². The van der Waals surface area contributed by atoms with Crippen molar-refractivity contribution in [2.45, 2.75) is 24.8 Å². The third kappa shape index (κ3) is 3.34. The van der Waals surface area contributed by atoms with Crippen LogP contribution in [-0.4, -0.2) is 16.0 Å². The number of aryl methyl sites for hydroxylation is 2. The van der Waals surface area contributed by atoms with Gasteiger partial charge in [-0.15, -0.1) is 11.8 Å². The van der Waals surface area contributed by atoms with E-state index in [1.807, 2.05) is 11.7 Å². The quantitative estimate of drug-likeness (QED) is 0.832. The molecular formula is C14H18BrN3S. The lowest BCUT2D eigenvalue weighted by Gasteiger charge is -2.08. The number of benzene rings is 1. The van der Waals surface area contributed by atoms with Crippen LogP contribution in [0.5, 0.6) is 0 Å². The average molecular weight is 340 g/mol. The van der Waals surface area contributed by atoms with E-state index in [1.165, 1.54) is 10.6 Å². The summed E-state index contributed by atoms with van der Waals surface area (Å²) in [7, 11) is 1.98. The Hall–Kier alpha value is -0.940. The number of hydrogen-bond acceptors (Lipinski definition) is 3. The molecule has 0 radical (unpaired) electrons. The molecule has 0 fully saturated rings. The fourth-order valence-electron chi connectivity index (χ4n) is 1.91. The van der Waals surface area contributed by atoms with E-state index in [4.69, 9.17) is 0 Å². The van der Waals surface area contributed by atoms with Gasteiger partial charge in [-0.3, -0.25) is 4.68 Å². The number of rotatable bonds is 5. The molecule has 0 atom stereocenters. The molecule has 102 valence electrons. The Kier molecular flexibility index (Phi) is 4.93. The molecule has 0 saturated heterocycles. The summed E-state index contributed by atoms with van der Waals surface area (Å²) in [6.45, 7) is 2.88. The van der Waals surface area contributed by atoms with E-state index in [0.29, 0.717) is 0 Å². The molecule has 1 heterocycles. The molecule has 19 heavy (non-hydrogen) atoms. The van der Waals surface area contributed by atoms with Gasteiger partial charge in [0.25, 0.3) is 0 Å². The molecule has 1 N–H and O–H groups in total. The number of halogens is 1. The van der Waals surface area contributed by atoms with Crippen LogP contribution in [-0.2, 0) is 20.0 Å². The van der Waals surface area contributed by atoms with Gasteiger partial charge in [0.05, 0.1) is 22.4 Å². The number of hydrogen-bond donors (Lipinski definition) is 1. The van der Waals surface area contributed by atoms with Crippen molar-refractivity contribution in [2.24, 2.45) is 7.05 Å². The molecule has 3 nitrogen and oxygen atoms in total. The van der Waals surface area contributed by atoms with Crippen LogP contribution in [0.15, 0.2) is 33.6 Å². The third-order valence-electron chi connectivity index (χ3n) is 3.05. The van der Waals surface area contributed by atoms with Gasteiger partial charge in [0.2, 0.25) is 0 Å². The van der Waals surface area contributed by atoms with Gasteiger partial charge in [-0.25, -0.2) is 0 Å². The lowest BCUT2D eigenvalue weighted by atomic mass is 10.3. The molecule has 1 aromatic carbocycles. The van der Waals surface area contributed by atoms with E-state index in [-0.39, 0.29) is 0 Å². The molecule has 0 amide bonds. The van der Waals surface area contributed by atoms with Crippen LogP contribution < -0.4 is 5.32 Å². The van der Waals surface area contributed by atoms with Gasteiger partial charge in [0, 0.05) is 17.6 Å². The zero-order chi connectivity index (χ0) is 13.8. The minimum absolute atomic E-state index is 0.767. The summed E-state index contributed by atoms with van der Waals surface area (Å²) in [5, 5.41) is 7.93. The second kappa shape index (κ2) is 6.48. The highest BCUT2D eigenvalue weighted by Gasteiger charge is 2.11. The van der Waals surface area contributed by atoms with Crippen molar-refractivity contribution >= 4 is 33.4 Å². The van der Waals surface area contributed by atoms with Crippen LogP contribution in [0.25, 0.3) is 0 Å². The SMILES string of the molecule is CCc1nn(C)c(CNc2ccc(SC)cc2)c1Br. The largest absolute Gasteiger partial charge is 0.379 e. The first-order valence-electron chi connectivity index (χ1n) is 6.23. The molecule has 0 aliphatic rings. The lowest BCUT2D eigenvalue weighted by molar-refractivity contribution is 0.706. The topological polar surface area (TPSA) is 29.9 Å². The van der Waals surface area contributed by atoms with Crippen molar-refractivity contribution in [1.82, 2.24) is 9.78 Å². The van der Waals surface area contributed by atoms with Crippen LogP contribution in [0.4, 0.5) is 5.69 Å². The van der Waals surface area contributed by atoms with Crippen molar-refractivity contribution in [3.8, 4) is 0 Å². The highest BCUT2D eigenvalue weighted by Crippen LogP contribution is 2.23. The fourth-order valence-corrected chi connectivity index (χ4v) is 3.07. The average Bonchev–Trinajstić information content (AvgIpc) is 2.72. The van der Waals surface area contributed by atoms with Gasteiger partial charge in [-0.2, -0.15) is 5.10 Å². The van der Waals surface area contributed by atoms with E-state index in [2.05, 4.69) is 63.8 Å². The van der Waals surface area contributed by atoms with Gasteiger partial charge >= 0.3 is 0 Å².